The van der Waals surface area contributed by atoms with Crippen LogP contribution in [0.3, 0.4) is 0 Å². The lowest BCUT2D eigenvalue weighted by Gasteiger charge is -2.23. The van der Waals surface area contributed by atoms with Gasteiger partial charge >= 0.3 is 0 Å². The zero-order valence-corrected chi connectivity index (χ0v) is 11.3. The molecule has 96 valence electrons. The maximum atomic E-state index is 10.0. The summed E-state index contributed by atoms with van der Waals surface area (Å²) in [5.41, 5.74) is 2.04. The molecule has 3 heteroatoms. The summed E-state index contributed by atoms with van der Waals surface area (Å²) >= 11 is 0. The Kier molecular flexibility index (Phi) is 5.29. The predicted octanol–water partition coefficient (Wildman–Crippen LogP) is 2.91. The van der Waals surface area contributed by atoms with Gasteiger partial charge in [0, 0.05) is 36.4 Å². The van der Waals surface area contributed by atoms with E-state index in [1.807, 2.05) is 26.1 Å². The van der Waals surface area contributed by atoms with Crippen LogP contribution < -0.4 is 10.2 Å². The lowest BCUT2D eigenvalue weighted by Crippen LogP contribution is -2.23. The van der Waals surface area contributed by atoms with Gasteiger partial charge in [0.15, 0.2) is 0 Å². The highest BCUT2D eigenvalue weighted by Crippen LogP contribution is 2.28. The van der Waals surface area contributed by atoms with Crippen LogP contribution in [0, 0.1) is 0 Å². The van der Waals surface area contributed by atoms with Crippen LogP contribution in [-0.2, 0) is 0 Å². The van der Waals surface area contributed by atoms with Crippen molar-refractivity contribution in [3.8, 4) is 5.75 Å². The molecule has 0 bridgehead atoms. The maximum Gasteiger partial charge on any atom is 0.122 e. The molecular weight excluding hydrogens is 212 g/mol. The standard InChI is InChI=1S/C14H24N2O/c1-5-9-16(6-2)12-7-8-13(11(3)15-4)14(17)10-12/h7-8,10-11,15,17H,5-6,9H2,1-4H3. The van der Waals surface area contributed by atoms with Crippen molar-refractivity contribution in [2.75, 3.05) is 25.0 Å². The molecule has 17 heavy (non-hydrogen) atoms. The number of hydrogen-bond donors (Lipinski definition) is 2. The number of nitrogens with one attached hydrogen (secondary N) is 1. The monoisotopic (exact) mass is 236 g/mol. The van der Waals surface area contributed by atoms with Crippen molar-refractivity contribution in [2.45, 2.75) is 33.2 Å². The second-order valence-electron chi connectivity index (χ2n) is 4.33. The topological polar surface area (TPSA) is 35.5 Å². The molecule has 1 aromatic rings. The molecule has 1 aromatic carbocycles. The third-order valence-electron chi connectivity index (χ3n) is 3.15. The van der Waals surface area contributed by atoms with Gasteiger partial charge in [0.05, 0.1) is 0 Å². The normalized spacial score (nSPS) is 12.5. The molecule has 0 aliphatic carbocycles. The Labute approximate surface area is 104 Å². The first-order chi connectivity index (χ1) is 8.13. The van der Waals surface area contributed by atoms with E-state index in [9.17, 15) is 5.11 Å². The van der Waals surface area contributed by atoms with Gasteiger partial charge in [-0.05, 0) is 33.4 Å². The molecule has 0 saturated carbocycles. The Morgan fingerprint density at radius 1 is 1.35 bits per heavy atom. The van der Waals surface area contributed by atoms with Crippen LogP contribution >= 0.6 is 0 Å². The van der Waals surface area contributed by atoms with Crippen molar-refractivity contribution in [3.63, 3.8) is 0 Å². The van der Waals surface area contributed by atoms with Crippen molar-refractivity contribution < 1.29 is 5.11 Å². The summed E-state index contributed by atoms with van der Waals surface area (Å²) < 4.78 is 0. The van der Waals surface area contributed by atoms with Crippen LogP contribution in [0.4, 0.5) is 5.69 Å². The highest BCUT2D eigenvalue weighted by Gasteiger charge is 2.11. The van der Waals surface area contributed by atoms with E-state index in [-0.39, 0.29) is 6.04 Å². The SMILES string of the molecule is CCCN(CC)c1ccc(C(C)NC)c(O)c1. The average Bonchev–Trinajstić information content (AvgIpc) is 2.35. The van der Waals surface area contributed by atoms with Gasteiger partial charge in [-0.25, -0.2) is 0 Å². The van der Waals surface area contributed by atoms with E-state index >= 15 is 0 Å². The third-order valence-corrected chi connectivity index (χ3v) is 3.15. The summed E-state index contributed by atoms with van der Waals surface area (Å²) in [5.74, 6) is 0.374. The van der Waals surface area contributed by atoms with E-state index in [2.05, 4.69) is 30.1 Å². The minimum atomic E-state index is 0.172. The smallest absolute Gasteiger partial charge is 0.122 e. The van der Waals surface area contributed by atoms with E-state index in [1.165, 1.54) is 0 Å². The first-order valence-electron chi connectivity index (χ1n) is 6.39. The fourth-order valence-corrected chi connectivity index (χ4v) is 1.99. The Bertz CT molecular complexity index is 352. The van der Waals surface area contributed by atoms with Gasteiger partial charge in [-0.15, -0.1) is 0 Å². The van der Waals surface area contributed by atoms with E-state index < -0.39 is 0 Å². The summed E-state index contributed by atoms with van der Waals surface area (Å²) in [6.07, 6.45) is 1.11. The van der Waals surface area contributed by atoms with Gasteiger partial charge in [-0.1, -0.05) is 13.0 Å². The highest BCUT2D eigenvalue weighted by molar-refractivity contribution is 5.54. The lowest BCUT2D eigenvalue weighted by atomic mass is 10.1. The summed E-state index contributed by atoms with van der Waals surface area (Å²) in [4.78, 5) is 2.27. The van der Waals surface area contributed by atoms with E-state index in [0.29, 0.717) is 5.75 Å². The molecule has 1 rings (SSSR count). The summed E-state index contributed by atoms with van der Waals surface area (Å²) in [6.45, 7) is 8.33. The minimum Gasteiger partial charge on any atom is -0.508 e. The molecule has 0 saturated heterocycles. The molecule has 0 radical (unpaired) electrons. The number of aromatic hydroxyl groups is 1. The first-order valence-corrected chi connectivity index (χ1v) is 6.39. The summed E-state index contributed by atoms with van der Waals surface area (Å²) in [6, 6.07) is 6.12. The lowest BCUT2D eigenvalue weighted by molar-refractivity contribution is 0.458. The molecule has 0 heterocycles. The number of hydrogen-bond acceptors (Lipinski definition) is 3. The van der Waals surface area contributed by atoms with Crippen LogP contribution in [0.15, 0.2) is 18.2 Å². The van der Waals surface area contributed by atoms with Crippen molar-refractivity contribution >= 4 is 5.69 Å². The highest BCUT2D eigenvalue weighted by atomic mass is 16.3. The van der Waals surface area contributed by atoms with Crippen molar-refractivity contribution in [1.82, 2.24) is 5.32 Å². The number of nitrogens with zero attached hydrogens (tertiary/aromatic N) is 1. The van der Waals surface area contributed by atoms with Gasteiger partial charge in [-0.3, -0.25) is 0 Å². The molecule has 3 nitrogen and oxygen atoms in total. The Morgan fingerprint density at radius 2 is 2.06 bits per heavy atom. The van der Waals surface area contributed by atoms with Gasteiger partial charge in [0.25, 0.3) is 0 Å². The maximum absolute atomic E-state index is 10.0. The van der Waals surface area contributed by atoms with Crippen LogP contribution in [0.25, 0.3) is 0 Å². The number of benzene rings is 1. The Morgan fingerprint density at radius 3 is 2.53 bits per heavy atom. The summed E-state index contributed by atoms with van der Waals surface area (Å²) in [5, 5.41) is 13.2. The molecular formula is C14H24N2O. The second kappa shape index (κ2) is 6.50. The zero-order valence-electron chi connectivity index (χ0n) is 11.3. The van der Waals surface area contributed by atoms with Crippen LogP contribution in [0.2, 0.25) is 0 Å². The molecule has 0 aliphatic heterocycles. The minimum absolute atomic E-state index is 0.172. The van der Waals surface area contributed by atoms with Crippen molar-refractivity contribution in [3.05, 3.63) is 23.8 Å². The molecule has 2 N–H and O–H groups in total. The quantitative estimate of drug-likeness (QED) is 0.797. The second-order valence-corrected chi connectivity index (χ2v) is 4.33. The van der Waals surface area contributed by atoms with Gasteiger partial charge in [-0.2, -0.15) is 0 Å². The number of phenols is 1. The van der Waals surface area contributed by atoms with Gasteiger partial charge < -0.3 is 15.3 Å². The van der Waals surface area contributed by atoms with Crippen LogP contribution in [0.1, 0.15) is 38.8 Å². The Hall–Kier alpha value is -1.22. The molecule has 0 fully saturated rings. The van der Waals surface area contributed by atoms with Gasteiger partial charge in [0.1, 0.15) is 5.75 Å². The molecule has 0 amide bonds. The fourth-order valence-electron chi connectivity index (χ4n) is 1.99. The first kappa shape index (κ1) is 13.8. The van der Waals surface area contributed by atoms with Crippen LogP contribution in [0.5, 0.6) is 5.75 Å². The van der Waals surface area contributed by atoms with Gasteiger partial charge in [0.2, 0.25) is 0 Å². The van der Waals surface area contributed by atoms with Crippen molar-refractivity contribution in [1.29, 1.82) is 0 Å². The Balaban J connectivity index is 2.94. The zero-order chi connectivity index (χ0) is 12.8. The average molecular weight is 236 g/mol. The molecule has 1 unspecified atom stereocenters. The fraction of sp³-hybridized carbons (Fsp3) is 0.571. The largest absolute Gasteiger partial charge is 0.508 e. The van der Waals surface area contributed by atoms with E-state index in [4.69, 9.17) is 0 Å². The number of rotatable bonds is 6. The van der Waals surface area contributed by atoms with Crippen molar-refractivity contribution in [2.24, 2.45) is 0 Å². The number of phenolic OH excluding ortho intramolecular Hbond substituents is 1. The number of anilines is 1. The molecule has 0 aliphatic rings. The molecule has 1 atom stereocenters. The van der Waals surface area contributed by atoms with E-state index in [0.717, 1.165) is 30.8 Å². The van der Waals surface area contributed by atoms with Crippen LogP contribution in [-0.4, -0.2) is 25.2 Å². The molecule has 0 spiro atoms. The van der Waals surface area contributed by atoms with E-state index in [1.54, 1.807) is 0 Å². The predicted molar refractivity (Wildman–Crippen MR) is 73.8 cm³/mol. The summed E-state index contributed by atoms with van der Waals surface area (Å²) in [7, 11) is 1.90. The molecule has 0 aromatic heterocycles. The third kappa shape index (κ3) is 3.37.